The Balaban J connectivity index is 1.57. The summed E-state index contributed by atoms with van der Waals surface area (Å²) in [6, 6.07) is 1.88. The SMILES string of the molecule is Cc1cc(C)nc(SCC(=O)N/N=C/c2c(Cl)nc3sccn23)n1. The smallest absolute Gasteiger partial charge is 0.250 e. The monoisotopic (exact) mass is 380 g/mol. The number of nitrogens with zero attached hydrogens (tertiary/aromatic N) is 5. The Kier molecular flexibility index (Phi) is 5.12. The summed E-state index contributed by atoms with van der Waals surface area (Å²) in [6.07, 6.45) is 3.32. The van der Waals surface area contributed by atoms with Crippen molar-refractivity contribution in [1.82, 2.24) is 24.8 Å². The van der Waals surface area contributed by atoms with E-state index < -0.39 is 0 Å². The average Bonchev–Trinajstić information content (AvgIpc) is 3.06. The minimum atomic E-state index is -0.249. The first-order chi connectivity index (χ1) is 11.5. The molecule has 10 heteroatoms. The maximum Gasteiger partial charge on any atom is 0.250 e. The summed E-state index contributed by atoms with van der Waals surface area (Å²) < 4.78 is 1.81. The van der Waals surface area contributed by atoms with Gasteiger partial charge in [0.15, 0.2) is 15.3 Å². The summed E-state index contributed by atoms with van der Waals surface area (Å²) in [5.41, 5.74) is 4.83. The van der Waals surface area contributed by atoms with Gasteiger partial charge in [0.05, 0.1) is 12.0 Å². The second-order valence-electron chi connectivity index (χ2n) is 4.86. The number of carbonyl (C=O) groups is 1. The summed E-state index contributed by atoms with van der Waals surface area (Å²) in [5.74, 6) is -0.0740. The largest absolute Gasteiger partial charge is 0.288 e. The van der Waals surface area contributed by atoms with E-state index >= 15 is 0 Å². The summed E-state index contributed by atoms with van der Waals surface area (Å²) >= 11 is 8.78. The van der Waals surface area contributed by atoms with Gasteiger partial charge in [-0.3, -0.25) is 9.20 Å². The molecule has 3 aromatic rings. The van der Waals surface area contributed by atoms with Gasteiger partial charge in [-0.15, -0.1) is 11.3 Å². The molecule has 0 aliphatic carbocycles. The summed E-state index contributed by atoms with van der Waals surface area (Å²) in [7, 11) is 0. The number of aromatic nitrogens is 4. The fourth-order valence-electron chi connectivity index (χ4n) is 1.98. The lowest BCUT2D eigenvalue weighted by Crippen LogP contribution is -2.20. The maximum absolute atomic E-state index is 11.9. The minimum absolute atomic E-state index is 0.175. The number of hydrogen-bond donors (Lipinski definition) is 1. The number of thiazole rings is 1. The van der Waals surface area contributed by atoms with Crippen molar-refractivity contribution in [2.45, 2.75) is 19.0 Å². The number of hydrogen-bond acceptors (Lipinski definition) is 7. The molecule has 0 aromatic carbocycles. The zero-order valence-electron chi connectivity index (χ0n) is 12.9. The molecule has 1 amide bonds. The molecule has 3 heterocycles. The van der Waals surface area contributed by atoms with Gasteiger partial charge in [0.25, 0.3) is 5.91 Å². The van der Waals surface area contributed by atoms with Gasteiger partial charge in [0.2, 0.25) is 0 Å². The molecular weight excluding hydrogens is 368 g/mol. The van der Waals surface area contributed by atoms with Gasteiger partial charge < -0.3 is 0 Å². The second kappa shape index (κ2) is 7.29. The van der Waals surface area contributed by atoms with E-state index in [1.54, 1.807) is 4.40 Å². The van der Waals surface area contributed by atoms with Crippen molar-refractivity contribution in [1.29, 1.82) is 0 Å². The van der Waals surface area contributed by atoms with E-state index in [9.17, 15) is 4.79 Å². The molecule has 0 bridgehead atoms. The molecule has 0 aliphatic rings. The summed E-state index contributed by atoms with van der Waals surface area (Å²) in [4.78, 5) is 25.4. The maximum atomic E-state index is 11.9. The Morgan fingerprint density at radius 3 is 2.92 bits per heavy atom. The van der Waals surface area contributed by atoms with Gasteiger partial charge in [0, 0.05) is 23.0 Å². The molecule has 0 unspecified atom stereocenters. The van der Waals surface area contributed by atoms with E-state index in [1.807, 2.05) is 31.5 Å². The lowest BCUT2D eigenvalue weighted by atomic mass is 10.4. The number of rotatable bonds is 5. The third kappa shape index (κ3) is 3.92. The summed E-state index contributed by atoms with van der Waals surface area (Å²) in [6.45, 7) is 3.78. The predicted molar refractivity (Wildman–Crippen MR) is 96.0 cm³/mol. The number of amides is 1. The Morgan fingerprint density at radius 2 is 2.17 bits per heavy atom. The van der Waals surface area contributed by atoms with Gasteiger partial charge in [-0.1, -0.05) is 23.4 Å². The molecule has 0 spiro atoms. The normalized spacial score (nSPS) is 11.5. The molecule has 24 heavy (non-hydrogen) atoms. The van der Waals surface area contributed by atoms with Crippen LogP contribution in [0.5, 0.6) is 0 Å². The average molecular weight is 381 g/mol. The highest BCUT2D eigenvalue weighted by atomic mass is 35.5. The van der Waals surface area contributed by atoms with E-state index in [-0.39, 0.29) is 11.7 Å². The fourth-order valence-corrected chi connectivity index (χ4v) is 3.71. The molecule has 3 rings (SSSR count). The number of halogens is 1. The Labute approximate surface area is 151 Å². The van der Waals surface area contributed by atoms with Crippen molar-refractivity contribution in [3.05, 3.63) is 39.9 Å². The van der Waals surface area contributed by atoms with Gasteiger partial charge in [-0.05, 0) is 19.9 Å². The molecule has 0 radical (unpaired) electrons. The van der Waals surface area contributed by atoms with Gasteiger partial charge in [-0.25, -0.2) is 20.4 Å². The fraction of sp³-hybridized carbons (Fsp3) is 0.214. The van der Waals surface area contributed by atoms with Crippen LogP contribution in [0.25, 0.3) is 4.96 Å². The molecule has 0 aliphatic heterocycles. The topological polar surface area (TPSA) is 84.5 Å². The summed E-state index contributed by atoms with van der Waals surface area (Å²) in [5, 5.41) is 6.75. The molecule has 0 saturated carbocycles. The number of aryl methyl sites for hydroxylation is 2. The zero-order valence-corrected chi connectivity index (χ0v) is 15.2. The van der Waals surface area contributed by atoms with E-state index in [2.05, 4.69) is 25.5 Å². The van der Waals surface area contributed by atoms with Crippen molar-refractivity contribution in [3.63, 3.8) is 0 Å². The quantitative estimate of drug-likeness (QED) is 0.318. The molecule has 0 atom stereocenters. The first kappa shape index (κ1) is 16.9. The number of hydrazone groups is 1. The van der Waals surface area contributed by atoms with Crippen molar-refractivity contribution in [3.8, 4) is 0 Å². The second-order valence-corrected chi connectivity index (χ2v) is 7.03. The van der Waals surface area contributed by atoms with Crippen LogP contribution in [0, 0.1) is 13.8 Å². The first-order valence-corrected chi connectivity index (χ1v) is 9.15. The Hall–Kier alpha value is -1.97. The Bertz CT molecular complexity index is 899. The highest BCUT2D eigenvalue weighted by Crippen LogP contribution is 2.19. The lowest BCUT2D eigenvalue weighted by Gasteiger charge is -2.02. The highest BCUT2D eigenvalue weighted by molar-refractivity contribution is 7.99. The molecule has 0 saturated heterocycles. The van der Waals surface area contributed by atoms with Gasteiger partial charge in [-0.2, -0.15) is 5.10 Å². The predicted octanol–water partition coefficient (Wildman–Crippen LogP) is 2.70. The first-order valence-electron chi connectivity index (χ1n) is 6.91. The van der Waals surface area contributed by atoms with Crippen LogP contribution in [0.15, 0.2) is 27.9 Å². The third-order valence-corrected chi connectivity index (χ3v) is 4.81. The van der Waals surface area contributed by atoms with E-state index in [0.717, 1.165) is 16.3 Å². The van der Waals surface area contributed by atoms with E-state index in [4.69, 9.17) is 11.6 Å². The molecular formula is C14H13ClN6OS2. The van der Waals surface area contributed by atoms with Crippen LogP contribution in [0.4, 0.5) is 0 Å². The number of thioether (sulfide) groups is 1. The molecule has 3 aromatic heterocycles. The number of carbonyl (C=O) groups excluding carboxylic acids is 1. The number of nitrogens with one attached hydrogen (secondary N) is 1. The number of fused-ring (bicyclic) bond motifs is 1. The van der Waals surface area contributed by atoms with Crippen molar-refractivity contribution >= 4 is 51.8 Å². The van der Waals surface area contributed by atoms with Crippen LogP contribution >= 0.6 is 34.7 Å². The highest BCUT2D eigenvalue weighted by Gasteiger charge is 2.09. The minimum Gasteiger partial charge on any atom is -0.288 e. The van der Waals surface area contributed by atoms with Crippen LogP contribution in [-0.4, -0.2) is 37.2 Å². The van der Waals surface area contributed by atoms with Crippen molar-refractivity contribution in [2.75, 3.05) is 5.75 Å². The van der Waals surface area contributed by atoms with Crippen LogP contribution in [0.3, 0.4) is 0 Å². The molecule has 1 N–H and O–H groups in total. The van der Waals surface area contributed by atoms with E-state index in [0.29, 0.717) is 16.0 Å². The van der Waals surface area contributed by atoms with Gasteiger partial charge >= 0.3 is 0 Å². The van der Waals surface area contributed by atoms with Crippen LogP contribution in [0.2, 0.25) is 5.15 Å². The third-order valence-electron chi connectivity index (χ3n) is 2.92. The van der Waals surface area contributed by atoms with Crippen molar-refractivity contribution in [2.24, 2.45) is 5.10 Å². The standard InChI is InChI=1S/C14H13ClN6OS2/c1-8-5-9(2)18-13(17-8)24-7-11(22)20-16-6-10-12(15)19-14-21(10)3-4-23-14/h3-6H,7H2,1-2H3,(H,20,22)/b16-6+. The van der Waals surface area contributed by atoms with Crippen LogP contribution in [-0.2, 0) is 4.79 Å². The van der Waals surface area contributed by atoms with Crippen LogP contribution < -0.4 is 5.43 Å². The zero-order chi connectivity index (χ0) is 17.1. The van der Waals surface area contributed by atoms with Crippen molar-refractivity contribution < 1.29 is 4.79 Å². The molecule has 7 nitrogen and oxygen atoms in total. The lowest BCUT2D eigenvalue weighted by molar-refractivity contribution is -0.118. The Morgan fingerprint density at radius 1 is 1.42 bits per heavy atom. The van der Waals surface area contributed by atoms with E-state index in [1.165, 1.54) is 29.3 Å². The molecule has 124 valence electrons. The van der Waals surface area contributed by atoms with Gasteiger partial charge in [0.1, 0.15) is 5.69 Å². The number of imidazole rings is 1. The van der Waals surface area contributed by atoms with Crippen LogP contribution in [0.1, 0.15) is 17.1 Å². The molecule has 0 fully saturated rings.